The predicted octanol–water partition coefficient (Wildman–Crippen LogP) is 2.53. The topological polar surface area (TPSA) is 58.6 Å². The highest BCUT2D eigenvalue weighted by atomic mass is 16.5. The lowest BCUT2D eigenvalue weighted by Crippen LogP contribution is -2.06. The summed E-state index contributed by atoms with van der Waals surface area (Å²) in [7, 11) is 1.63. The molecule has 0 spiro atoms. The fourth-order valence-electron chi connectivity index (χ4n) is 1.58. The molecule has 1 aromatic rings. The summed E-state index contributed by atoms with van der Waals surface area (Å²) >= 11 is 0. The van der Waals surface area contributed by atoms with Gasteiger partial charge in [-0.3, -0.25) is 4.79 Å². The molecule has 0 aliphatic heterocycles. The van der Waals surface area contributed by atoms with E-state index in [1.165, 1.54) is 5.56 Å². The number of hydrogen-bond acceptors (Lipinski definition) is 3. The molecule has 0 saturated heterocycles. The number of anilines is 1. The van der Waals surface area contributed by atoms with Crippen LogP contribution in [-0.4, -0.2) is 24.7 Å². The fraction of sp³-hybridized carbons (Fsp3) is 0.462. The number of ether oxygens (including phenoxy) is 1. The minimum absolute atomic E-state index is 0.183. The molecule has 0 saturated carbocycles. The Morgan fingerprint density at radius 3 is 2.82 bits per heavy atom. The minimum Gasteiger partial charge on any atom is -0.495 e. The number of hydrogen-bond donors (Lipinski definition) is 2. The van der Waals surface area contributed by atoms with Crippen molar-refractivity contribution in [2.75, 3.05) is 19.0 Å². The van der Waals surface area contributed by atoms with Crippen LogP contribution in [0.1, 0.15) is 25.3 Å². The summed E-state index contributed by atoms with van der Waals surface area (Å²) < 4.78 is 5.24. The van der Waals surface area contributed by atoms with Crippen molar-refractivity contribution in [1.82, 2.24) is 0 Å². The first-order valence-electron chi connectivity index (χ1n) is 5.80. The molecule has 0 atom stereocenters. The molecule has 0 aromatic heterocycles. The zero-order valence-corrected chi connectivity index (χ0v) is 10.3. The van der Waals surface area contributed by atoms with Gasteiger partial charge in [0.25, 0.3) is 0 Å². The molecule has 0 bridgehead atoms. The van der Waals surface area contributed by atoms with E-state index in [0.717, 1.165) is 17.9 Å². The number of benzene rings is 1. The molecule has 2 N–H and O–H groups in total. The van der Waals surface area contributed by atoms with E-state index in [0.29, 0.717) is 13.0 Å². The number of methoxy groups -OCH3 is 1. The number of rotatable bonds is 7. The largest absolute Gasteiger partial charge is 0.495 e. The van der Waals surface area contributed by atoms with Gasteiger partial charge in [0.05, 0.1) is 12.8 Å². The Labute approximate surface area is 102 Å². The summed E-state index contributed by atoms with van der Waals surface area (Å²) in [4.78, 5) is 10.4. The quantitative estimate of drug-likeness (QED) is 0.715. The second kappa shape index (κ2) is 6.78. The van der Waals surface area contributed by atoms with Crippen LogP contribution in [0.25, 0.3) is 0 Å². The van der Waals surface area contributed by atoms with Gasteiger partial charge in [-0.15, -0.1) is 0 Å². The van der Waals surface area contributed by atoms with Crippen molar-refractivity contribution >= 4 is 11.7 Å². The highest BCUT2D eigenvalue weighted by molar-refractivity contribution is 5.66. The molecule has 1 aromatic carbocycles. The monoisotopic (exact) mass is 237 g/mol. The molecule has 4 nitrogen and oxygen atoms in total. The van der Waals surface area contributed by atoms with Crippen LogP contribution < -0.4 is 10.1 Å². The highest BCUT2D eigenvalue weighted by Crippen LogP contribution is 2.25. The van der Waals surface area contributed by atoms with Gasteiger partial charge in [-0.2, -0.15) is 0 Å². The van der Waals surface area contributed by atoms with Crippen molar-refractivity contribution in [3.63, 3.8) is 0 Å². The lowest BCUT2D eigenvalue weighted by molar-refractivity contribution is -0.137. The van der Waals surface area contributed by atoms with Crippen molar-refractivity contribution in [3.8, 4) is 5.75 Å². The second-order valence-corrected chi connectivity index (χ2v) is 3.81. The van der Waals surface area contributed by atoms with Gasteiger partial charge in [0, 0.05) is 13.0 Å². The van der Waals surface area contributed by atoms with E-state index in [1.807, 2.05) is 18.2 Å². The van der Waals surface area contributed by atoms with Crippen LogP contribution in [0.15, 0.2) is 18.2 Å². The number of aryl methyl sites for hydroxylation is 1. The molecule has 94 valence electrons. The third-order valence-corrected chi connectivity index (χ3v) is 2.56. The Kier molecular flexibility index (Phi) is 5.33. The Balaban J connectivity index is 2.58. The Morgan fingerprint density at radius 2 is 2.24 bits per heavy atom. The first-order chi connectivity index (χ1) is 8.17. The highest BCUT2D eigenvalue weighted by Gasteiger charge is 2.03. The van der Waals surface area contributed by atoms with Gasteiger partial charge >= 0.3 is 5.97 Å². The van der Waals surface area contributed by atoms with Crippen molar-refractivity contribution in [2.24, 2.45) is 0 Å². The van der Waals surface area contributed by atoms with E-state index in [9.17, 15) is 4.79 Å². The average Bonchev–Trinajstić information content (AvgIpc) is 2.34. The zero-order valence-electron chi connectivity index (χ0n) is 10.3. The summed E-state index contributed by atoms with van der Waals surface area (Å²) in [6.07, 6.45) is 1.76. The summed E-state index contributed by atoms with van der Waals surface area (Å²) in [5.74, 6) is 0.0265. The fourth-order valence-corrected chi connectivity index (χ4v) is 1.58. The maximum absolute atomic E-state index is 10.4. The van der Waals surface area contributed by atoms with Crippen LogP contribution in [0.3, 0.4) is 0 Å². The van der Waals surface area contributed by atoms with E-state index in [-0.39, 0.29) is 6.42 Å². The van der Waals surface area contributed by atoms with Gasteiger partial charge in [-0.25, -0.2) is 0 Å². The van der Waals surface area contributed by atoms with E-state index in [4.69, 9.17) is 9.84 Å². The summed E-state index contributed by atoms with van der Waals surface area (Å²) in [5, 5.41) is 11.7. The lowest BCUT2D eigenvalue weighted by atomic mass is 10.1. The zero-order chi connectivity index (χ0) is 12.7. The van der Waals surface area contributed by atoms with Crippen LogP contribution >= 0.6 is 0 Å². The number of carboxylic acids is 1. The van der Waals surface area contributed by atoms with Crippen LogP contribution in [-0.2, 0) is 11.2 Å². The minimum atomic E-state index is -0.763. The number of nitrogens with one attached hydrogen (secondary N) is 1. The van der Waals surface area contributed by atoms with Crippen LogP contribution in [0.5, 0.6) is 5.75 Å². The summed E-state index contributed by atoms with van der Waals surface area (Å²) in [6, 6.07) is 6.00. The predicted molar refractivity (Wildman–Crippen MR) is 67.7 cm³/mol. The summed E-state index contributed by atoms with van der Waals surface area (Å²) in [6.45, 7) is 2.73. The van der Waals surface area contributed by atoms with E-state index in [2.05, 4.69) is 12.2 Å². The molecule has 17 heavy (non-hydrogen) atoms. The van der Waals surface area contributed by atoms with Gasteiger partial charge in [0.15, 0.2) is 0 Å². The molecule has 4 heteroatoms. The molecule has 0 aliphatic carbocycles. The molecular formula is C13H19NO3. The van der Waals surface area contributed by atoms with Crippen LogP contribution in [0.2, 0.25) is 0 Å². The lowest BCUT2D eigenvalue weighted by Gasteiger charge is -2.12. The normalized spacial score (nSPS) is 10.0. The smallest absolute Gasteiger partial charge is 0.303 e. The molecule has 0 heterocycles. The van der Waals surface area contributed by atoms with Gasteiger partial charge < -0.3 is 15.2 Å². The molecule has 0 unspecified atom stereocenters. The molecule has 0 radical (unpaired) electrons. The standard InChI is InChI=1S/C13H19NO3/c1-3-10-6-7-12(17-2)11(9-10)14-8-4-5-13(15)16/h6-7,9,14H,3-5,8H2,1-2H3,(H,15,16). The van der Waals surface area contributed by atoms with Crippen LogP contribution in [0, 0.1) is 0 Å². The molecule has 0 amide bonds. The Hall–Kier alpha value is -1.71. The number of carbonyl (C=O) groups is 1. The van der Waals surface area contributed by atoms with Crippen molar-refractivity contribution in [3.05, 3.63) is 23.8 Å². The molecule has 0 aliphatic rings. The van der Waals surface area contributed by atoms with Gasteiger partial charge in [-0.05, 0) is 30.5 Å². The Bertz CT molecular complexity index is 377. The first-order valence-corrected chi connectivity index (χ1v) is 5.80. The maximum atomic E-state index is 10.4. The SMILES string of the molecule is CCc1ccc(OC)c(NCCCC(=O)O)c1. The first kappa shape index (κ1) is 13.4. The van der Waals surface area contributed by atoms with E-state index in [1.54, 1.807) is 7.11 Å². The van der Waals surface area contributed by atoms with E-state index >= 15 is 0 Å². The van der Waals surface area contributed by atoms with Crippen molar-refractivity contribution in [2.45, 2.75) is 26.2 Å². The van der Waals surface area contributed by atoms with Gasteiger partial charge in [-0.1, -0.05) is 13.0 Å². The number of aliphatic carboxylic acids is 1. The van der Waals surface area contributed by atoms with E-state index < -0.39 is 5.97 Å². The Morgan fingerprint density at radius 1 is 1.47 bits per heavy atom. The average molecular weight is 237 g/mol. The molecule has 0 fully saturated rings. The van der Waals surface area contributed by atoms with Gasteiger partial charge in [0.2, 0.25) is 0 Å². The molecule has 1 rings (SSSR count). The third kappa shape index (κ3) is 4.34. The molecular weight excluding hydrogens is 218 g/mol. The third-order valence-electron chi connectivity index (χ3n) is 2.56. The number of carboxylic acid groups (broad SMARTS) is 1. The van der Waals surface area contributed by atoms with Crippen molar-refractivity contribution < 1.29 is 14.6 Å². The van der Waals surface area contributed by atoms with Gasteiger partial charge in [0.1, 0.15) is 5.75 Å². The van der Waals surface area contributed by atoms with Crippen molar-refractivity contribution in [1.29, 1.82) is 0 Å². The maximum Gasteiger partial charge on any atom is 0.303 e. The summed E-state index contributed by atoms with van der Waals surface area (Å²) in [5.41, 5.74) is 2.16. The van der Waals surface area contributed by atoms with Crippen LogP contribution in [0.4, 0.5) is 5.69 Å². The second-order valence-electron chi connectivity index (χ2n) is 3.81.